The minimum Gasteiger partial charge on any atom is -0.508 e. The summed E-state index contributed by atoms with van der Waals surface area (Å²) in [5.41, 5.74) is 2.31. The lowest BCUT2D eigenvalue weighted by molar-refractivity contribution is -0.123. The van der Waals surface area contributed by atoms with E-state index < -0.39 is 18.0 Å². The van der Waals surface area contributed by atoms with Crippen LogP contribution in [-0.4, -0.2) is 72.4 Å². The number of carbonyl (C=O) groups is 3. The summed E-state index contributed by atoms with van der Waals surface area (Å²) in [5, 5.41) is 27.1. The zero-order valence-electron chi connectivity index (χ0n) is 22.9. The first-order valence-electron chi connectivity index (χ1n) is 13.2. The van der Waals surface area contributed by atoms with Crippen LogP contribution in [0.5, 0.6) is 17.2 Å². The number of phenolic OH excluding ortho intramolecular Hbond substituents is 1. The van der Waals surface area contributed by atoms with E-state index in [2.05, 4.69) is 20.9 Å². The number of phenols is 1. The van der Waals surface area contributed by atoms with Crippen LogP contribution in [0.3, 0.4) is 0 Å². The number of nitrogens with zero attached hydrogens (tertiary/aromatic N) is 1. The number of carboxylic acids is 1. The van der Waals surface area contributed by atoms with Crippen LogP contribution in [0, 0.1) is 0 Å². The smallest absolute Gasteiger partial charge is 0.335 e. The minimum atomic E-state index is -1.07. The lowest BCUT2D eigenvalue weighted by Crippen LogP contribution is -2.52. The van der Waals surface area contributed by atoms with Crippen LogP contribution in [0.25, 0.3) is 0 Å². The van der Waals surface area contributed by atoms with Gasteiger partial charge in [0.15, 0.2) is 11.5 Å². The molecule has 0 unspecified atom stereocenters. The molecule has 1 fully saturated rings. The highest BCUT2D eigenvalue weighted by atomic mass is 16.5. The van der Waals surface area contributed by atoms with E-state index in [9.17, 15) is 19.5 Å². The number of aromatic carboxylic acids is 1. The molecule has 1 heterocycles. The molecule has 1 saturated heterocycles. The average Bonchev–Trinajstić information content (AvgIpc) is 3.40. The van der Waals surface area contributed by atoms with Gasteiger partial charge in [-0.3, -0.25) is 9.69 Å². The molecule has 11 nitrogen and oxygen atoms in total. The van der Waals surface area contributed by atoms with E-state index in [1.54, 1.807) is 26.4 Å². The molecule has 0 aliphatic carbocycles. The van der Waals surface area contributed by atoms with Gasteiger partial charge in [0.2, 0.25) is 5.91 Å². The van der Waals surface area contributed by atoms with Crippen molar-refractivity contribution in [3.63, 3.8) is 0 Å². The molecular formula is C30H34N4O7. The maximum absolute atomic E-state index is 13.4. The molecule has 3 aromatic rings. The summed E-state index contributed by atoms with van der Waals surface area (Å²) in [6, 6.07) is 16.4. The third-order valence-corrected chi connectivity index (χ3v) is 6.86. The van der Waals surface area contributed by atoms with Crippen LogP contribution in [0.2, 0.25) is 0 Å². The third-order valence-electron chi connectivity index (χ3n) is 6.86. The number of likely N-dealkylation sites (tertiary alicyclic amines) is 1. The number of ether oxygens (including phenoxy) is 2. The van der Waals surface area contributed by atoms with Gasteiger partial charge in [0, 0.05) is 37.8 Å². The number of anilines is 1. The molecule has 0 spiro atoms. The number of carbonyl (C=O) groups excluding carboxylic acids is 2. The van der Waals surface area contributed by atoms with Gasteiger partial charge in [0.25, 0.3) is 0 Å². The maximum atomic E-state index is 13.4. The van der Waals surface area contributed by atoms with Crippen molar-refractivity contribution in [3.8, 4) is 17.2 Å². The largest absolute Gasteiger partial charge is 0.508 e. The second-order valence-corrected chi connectivity index (χ2v) is 9.82. The highest BCUT2D eigenvalue weighted by molar-refractivity contribution is 5.94. The van der Waals surface area contributed by atoms with Crippen LogP contribution in [0.4, 0.5) is 10.5 Å². The topological polar surface area (TPSA) is 149 Å². The van der Waals surface area contributed by atoms with Gasteiger partial charge >= 0.3 is 12.0 Å². The van der Waals surface area contributed by atoms with Gasteiger partial charge in [-0.1, -0.05) is 18.2 Å². The van der Waals surface area contributed by atoms with Crippen molar-refractivity contribution in [2.45, 2.75) is 31.5 Å². The lowest BCUT2D eigenvalue weighted by Gasteiger charge is -2.22. The van der Waals surface area contributed by atoms with E-state index in [0.29, 0.717) is 30.3 Å². The summed E-state index contributed by atoms with van der Waals surface area (Å²) in [5.74, 6) is 0.0311. The number of hydrogen-bond acceptors (Lipinski definition) is 7. The Morgan fingerprint density at radius 3 is 2.29 bits per heavy atom. The van der Waals surface area contributed by atoms with Crippen molar-refractivity contribution < 1.29 is 34.1 Å². The zero-order chi connectivity index (χ0) is 29.4. The van der Waals surface area contributed by atoms with Gasteiger partial charge in [-0.25, -0.2) is 9.59 Å². The fraction of sp³-hybridized carbons (Fsp3) is 0.300. The van der Waals surface area contributed by atoms with Crippen LogP contribution < -0.4 is 25.4 Å². The Kier molecular flexibility index (Phi) is 9.64. The second-order valence-electron chi connectivity index (χ2n) is 9.82. The molecule has 41 heavy (non-hydrogen) atoms. The summed E-state index contributed by atoms with van der Waals surface area (Å²) in [4.78, 5) is 39.5. The lowest BCUT2D eigenvalue weighted by atomic mass is 10.0. The number of carboxylic acid groups (broad SMARTS) is 1. The highest BCUT2D eigenvalue weighted by Gasteiger charge is 2.28. The zero-order valence-corrected chi connectivity index (χ0v) is 22.9. The summed E-state index contributed by atoms with van der Waals surface area (Å²) < 4.78 is 10.7. The Labute approximate surface area is 238 Å². The van der Waals surface area contributed by atoms with Crippen LogP contribution in [0.1, 0.15) is 27.9 Å². The average molecular weight is 563 g/mol. The van der Waals surface area contributed by atoms with Gasteiger partial charge in [0.1, 0.15) is 11.8 Å². The van der Waals surface area contributed by atoms with E-state index >= 15 is 0 Å². The number of aromatic hydroxyl groups is 1. The minimum absolute atomic E-state index is 0.0947. The molecular weight excluding hydrogens is 528 g/mol. The van der Waals surface area contributed by atoms with Gasteiger partial charge in [-0.15, -0.1) is 0 Å². The fourth-order valence-electron chi connectivity index (χ4n) is 4.73. The highest BCUT2D eigenvalue weighted by Crippen LogP contribution is 2.28. The summed E-state index contributed by atoms with van der Waals surface area (Å²) in [6.07, 6.45) is 0.965. The van der Waals surface area contributed by atoms with Crippen molar-refractivity contribution in [1.29, 1.82) is 0 Å². The predicted octanol–water partition coefficient (Wildman–Crippen LogP) is 3.23. The van der Waals surface area contributed by atoms with Crippen molar-refractivity contribution in [1.82, 2.24) is 15.5 Å². The fourth-order valence-corrected chi connectivity index (χ4v) is 4.73. The SMILES string of the molecule is COc1ccc(CN2CC[C@H](NC(=O)[C@H](Cc3ccc(O)cc3)NC(=O)Nc3ccc(C(=O)O)cc3)C2)cc1OC. The van der Waals surface area contributed by atoms with Crippen LogP contribution >= 0.6 is 0 Å². The number of amides is 3. The first-order valence-corrected chi connectivity index (χ1v) is 13.2. The molecule has 0 radical (unpaired) electrons. The molecule has 0 aromatic heterocycles. The summed E-state index contributed by atoms with van der Waals surface area (Å²) >= 11 is 0. The molecule has 0 saturated carbocycles. The Morgan fingerprint density at radius 2 is 1.63 bits per heavy atom. The number of methoxy groups -OCH3 is 2. The molecule has 2 atom stereocenters. The van der Waals surface area contributed by atoms with E-state index in [1.165, 1.54) is 36.4 Å². The first-order chi connectivity index (χ1) is 19.7. The molecule has 3 amide bonds. The van der Waals surface area contributed by atoms with Crippen molar-refractivity contribution >= 4 is 23.6 Å². The van der Waals surface area contributed by atoms with Crippen LogP contribution in [0.15, 0.2) is 66.7 Å². The molecule has 4 rings (SSSR count). The van der Waals surface area contributed by atoms with Gasteiger partial charge < -0.3 is 35.6 Å². The quantitative estimate of drug-likeness (QED) is 0.239. The van der Waals surface area contributed by atoms with Crippen molar-refractivity contribution in [2.75, 3.05) is 32.6 Å². The molecule has 11 heteroatoms. The van der Waals surface area contributed by atoms with E-state index in [0.717, 1.165) is 24.1 Å². The first kappa shape index (κ1) is 29.2. The monoisotopic (exact) mass is 562 g/mol. The third kappa shape index (κ3) is 8.12. The van der Waals surface area contributed by atoms with E-state index in [1.807, 2.05) is 18.2 Å². The molecule has 0 bridgehead atoms. The Hall–Kier alpha value is -4.77. The number of urea groups is 1. The van der Waals surface area contributed by atoms with Crippen molar-refractivity contribution in [3.05, 3.63) is 83.4 Å². The van der Waals surface area contributed by atoms with E-state index in [-0.39, 0.29) is 29.7 Å². The predicted molar refractivity (Wildman–Crippen MR) is 153 cm³/mol. The number of nitrogens with one attached hydrogen (secondary N) is 3. The molecule has 1 aliphatic rings. The van der Waals surface area contributed by atoms with Gasteiger partial charge in [-0.2, -0.15) is 0 Å². The van der Waals surface area contributed by atoms with Gasteiger partial charge in [-0.05, 0) is 66.1 Å². The standard InChI is InChI=1S/C30H34N4O7/c1-40-26-12-5-20(16-27(26)41-2)17-34-14-13-23(18-34)31-28(36)25(15-19-3-10-24(35)11-4-19)33-30(39)32-22-8-6-21(7-9-22)29(37)38/h3-12,16,23,25,35H,13-15,17-18H2,1-2H3,(H,31,36)(H,37,38)(H2,32,33,39)/t23-,25-/m0/s1. The van der Waals surface area contributed by atoms with E-state index in [4.69, 9.17) is 14.6 Å². The summed E-state index contributed by atoms with van der Waals surface area (Å²) in [7, 11) is 3.19. The molecule has 1 aliphatic heterocycles. The number of rotatable bonds is 11. The Balaban J connectivity index is 1.38. The summed E-state index contributed by atoms with van der Waals surface area (Å²) in [6.45, 7) is 2.13. The van der Waals surface area contributed by atoms with Crippen molar-refractivity contribution in [2.24, 2.45) is 0 Å². The number of hydrogen-bond donors (Lipinski definition) is 5. The Morgan fingerprint density at radius 1 is 0.951 bits per heavy atom. The molecule has 5 N–H and O–H groups in total. The van der Waals surface area contributed by atoms with Gasteiger partial charge in [0.05, 0.1) is 19.8 Å². The normalized spacial score (nSPS) is 15.5. The second kappa shape index (κ2) is 13.5. The Bertz CT molecular complexity index is 1360. The van der Waals surface area contributed by atoms with Crippen LogP contribution in [-0.2, 0) is 17.8 Å². The molecule has 3 aromatic carbocycles. The maximum Gasteiger partial charge on any atom is 0.335 e. The number of benzene rings is 3. The molecule has 216 valence electrons.